The van der Waals surface area contributed by atoms with Crippen LogP contribution in [0.3, 0.4) is 0 Å². The summed E-state index contributed by atoms with van der Waals surface area (Å²) in [5.74, 6) is 0. The van der Waals surface area contributed by atoms with Gasteiger partial charge in [-0.1, -0.05) is 136 Å². The van der Waals surface area contributed by atoms with Crippen LogP contribution >= 0.6 is 0 Å². The summed E-state index contributed by atoms with van der Waals surface area (Å²) in [5, 5.41) is 0. The van der Waals surface area contributed by atoms with Crippen molar-refractivity contribution in [2.75, 3.05) is 13.2 Å². The molecule has 1 N–H and O–H groups in total. The van der Waals surface area contributed by atoms with Gasteiger partial charge in [0, 0.05) is 6.54 Å². The van der Waals surface area contributed by atoms with E-state index in [1.807, 2.05) is 0 Å². The van der Waals surface area contributed by atoms with Crippen molar-refractivity contribution in [2.24, 2.45) is 0 Å². The van der Waals surface area contributed by atoms with Gasteiger partial charge in [0.05, 0.1) is 6.61 Å². The quantitative estimate of drug-likeness (QED) is 0.133. The number of rotatable bonds is 24. The molecule has 0 unspecified atom stereocenters. The minimum absolute atomic E-state index is 0.833. The van der Waals surface area contributed by atoms with E-state index in [1.54, 1.807) is 0 Å². The van der Waals surface area contributed by atoms with E-state index in [2.05, 4.69) is 19.3 Å². The maximum atomic E-state index is 5.27. The first-order valence-corrected chi connectivity index (χ1v) is 12.8. The number of hydrogen-bond donors (Lipinski definition) is 1. The predicted octanol–water partition coefficient (Wildman–Crippen LogP) is 8.74. The molecule has 0 saturated heterocycles. The summed E-state index contributed by atoms with van der Waals surface area (Å²) in [7, 11) is 0. The predicted molar refractivity (Wildman–Crippen MR) is 122 cm³/mol. The van der Waals surface area contributed by atoms with Crippen molar-refractivity contribution >= 4 is 0 Å². The number of hydroxylamine groups is 1. The molecule has 27 heavy (non-hydrogen) atoms. The van der Waals surface area contributed by atoms with E-state index < -0.39 is 0 Å². The molecule has 0 radical (unpaired) electrons. The fraction of sp³-hybridized carbons (Fsp3) is 1.00. The van der Waals surface area contributed by atoms with E-state index >= 15 is 0 Å². The second kappa shape index (κ2) is 25.9. The molecule has 0 bridgehead atoms. The third-order valence-electron chi connectivity index (χ3n) is 5.54. The maximum absolute atomic E-state index is 5.27. The standard InChI is InChI=1S/C25H53NO/c1-3-5-6-7-8-9-10-11-12-13-14-15-16-17-18-19-20-21-22-23-24-26-27-25-4-2/h26H,3-25H2,1-2H3. The molecule has 2 heteroatoms. The van der Waals surface area contributed by atoms with Gasteiger partial charge in [-0.3, -0.25) is 0 Å². The Morgan fingerprint density at radius 2 is 0.741 bits per heavy atom. The van der Waals surface area contributed by atoms with E-state index in [0.29, 0.717) is 0 Å². The third-order valence-corrected chi connectivity index (χ3v) is 5.54. The minimum Gasteiger partial charge on any atom is -0.302 e. The van der Waals surface area contributed by atoms with E-state index in [4.69, 9.17) is 4.84 Å². The van der Waals surface area contributed by atoms with E-state index in [9.17, 15) is 0 Å². The van der Waals surface area contributed by atoms with Crippen LogP contribution in [-0.2, 0) is 4.84 Å². The largest absolute Gasteiger partial charge is 0.302 e. The Bertz CT molecular complexity index is 220. The van der Waals surface area contributed by atoms with Crippen molar-refractivity contribution in [1.82, 2.24) is 5.48 Å². The molecular formula is C25H53NO. The van der Waals surface area contributed by atoms with Gasteiger partial charge in [-0.25, -0.2) is 5.48 Å². The van der Waals surface area contributed by atoms with Crippen LogP contribution < -0.4 is 5.48 Å². The molecule has 0 aliphatic heterocycles. The molecule has 2 nitrogen and oxygen atoms in total. The second-order valence-corrected chi connectivity index (χ2v) is 8.46. The molecule has 0 aliphatic rings. The van der Waals surface area contributed by atoms with Crippen LogP contribution in [0.2, 0.25) is 0 Å². The van der Waals surface area contributed by atoms with Gasteiger partial charge in [-0.15, -0.1) is 0 Å². The molecular weight excluding hydrogens is 330 g/mol. The van der Waals surface area contributed by atoms with Crippen molar-refractivity contribution < 1.29 is 4.84 Å². The SMILES string of the molecule is CCCCCCCCCCCCCCCCCCCCCCNOCCC. The second-order valence-electron chi connectivity index (χ2n) is 8.46. The van der Waals surface area contributed by atoms with Crippen LogP contribution in [-0.4, -0.2) is 13.2 Å². The molecule has 0 saturated carbocycles. The molecule has 0 aromatic rings. The first kappa shape index (κ1) is 26.9. The zero-order valence-corrected chi connectivity index (χ0v) is 19.2. The monoisotopic (exact) mass is 383 g/mol. The van der Waals surface area contributed by atoms with Crippen molar-refractivity contribution in [3.05, 3.63) is 0 Å². The van der Waals surface area contributed by atoms with Gasteiger partial charge in [-0.05, 0) is 12.8 Å². The lowest BCUT2D eigenvalue weighted by molar-refractivity contribution is 0.0407. The van der Waals surface area contributed by atoms with Crippen molar-refractivity contribution in [2.45, 2.75) is 149 Å². The zero-order chi connectivity index (χ0) is 19.7. The van der Waals surface area contributed by atoms with Gasteiger partial charge in [0.1, 0.15) is 0 Å². The molecule has 0 spiro atoms. The minimum atomic E-state index is 0.833. The highest BCUT2D eigenvalue weighted by molar-refractivity contribution is 4.51. The van der Waals surface area contributed by atoms with E-state index in [-0.39, 0.29) is 0 Å². The Balaban J connectivity index is 2.95. The summed E-state index contributed by atoms with van der Waals surface area (Å²) < 4.78 is 0. The first-order valence-electron chi connectivity index (χ1n) is 12.8. The molecule has 0 fully saturated rings. The summed E-state index contributed by atoms with van der Waals surface area (Å²) in [4.78, 5) is 5.27. The Hall–Kier alpha value is -0.0800. The highest BCUT2D eigenvalue weighted by Crippen LogP contribution is 2.14. The fourth-order valence-electron chi connectivity index (χ4n) is 3.70. The van der Waals surface area contributed by atoms with Gasteiger partial charge in [0.25, 0.3) is 0 Å². The van der Waals surface area contributed by atoms with Gasteiger partial charge in [0.15, 0.2) is 0 Å². The normalized spacial score (nSPS) is 11.3. The van der Waals surface area contributed by atoms with Crippen LogP contribution in [0.25, 0.3) is 0 Å². The van der Waals surface area contributed by atoms with Crippen LogP contribution in [0.5, 0.6) is 0 Å². The van der Waals surface area contributed by atoms with Crippen LogP contribution in [0, 0.1) is 0 Å². The average Bonchev–Trinajstić information content (AvgIpc) is 2.68. The van der Waals surface area contributed by atoms with Crippen molar-refractivity contribution in [1.29, 1.82) is 0 Å². The van der Waals surface area contributed by atoms with Gasteiger partial charge in [-0.2, -0.15) is 0 Å². The van der Waals surface area contributed by atoms with Crippen molar-refractivity contribution in [3.63, 3.8) is 0 Å². The lowest BCUT2D eigenvalue weighted by Crippen LogP contribution is -2.16. The zero-order valence-electron chi connectivity index (χ0n) is 19.2. The fourth-order valence-corrected chi connectivity index (χ4v) is 3.70. The summed E-state index contributed by atoms with van der Waals surface area (Å²) in [6.07, 6.45) is 29.9. The third kappa shape index (κ3) is 25.9. The van der Waals surface area contributed by atoms with Crippen LogP contribution in [0.4, 0.5) is 0 Å². The van der Waals surface area contributed by atoms with Gasteiger partial charge >= 0.3 is 0 Å². The highest BCUT2D eigenvalue weighted by atomic mass is 16.6. The van der Waals surface area contributed by atoms with E-state index in [0.717, 1.165) is 19.6 Å². The van der Waals surface area contributed by atoms with Crippen molar-refractivity contribution in [3.8, 4) is 0 Å². The number of nitrogens with one attached hydrogen (secondary N) is 1. The Morgan fingerprint density at radius 3 is 1.07 bits per heavy atom. The number of hydrogen-bond acceptors (Lipinski definition) is 2. The Labute approximate surface area is 172 Å². The topological polar surface area (TPSA) is 21.3 Å². The molecule has 0 aromatic carbocycles. The lowest BCUT2D eigenvalue weighted by Gasteiger charge is -2.05. The summed E-state index contributed by atoms with van der Waals surface area (Å²) in [5.41, 5.74) is 3.05. The molecule has 0 aromatic heterocycles. The molecule has 164 valence electrons. The summed E-state index contributed by atoms with van der Waals surface area (Å²) in [6, 6.07) is 0. The Kier molecular flexibility index (Phi) is 25.8. The molecule has 0 rings (SSSR count). The van der Waals surface area contributed by atoms with Gasteiger partial charge < -0.3 is 4.84 Å². The van der Waals surface area contributed by atoms with Gasteiger partial charge in [0.2, 0.25) is 0 Å². The summed E-state index contributed by atoms with van der Waals surface area (Å²) in [6.45, 7) is 6.28. The Morgan fingerprint density at radius 1 is 0.407 bits per heavy atom. The lowest BCUT2D eigenvalue weighted by atomic mass is 10.0. The molecule has 0 atom stereocenters. The van der Waals surface area contributed by atoms with E-state index in [1.165, 1.54) is 128 Å². The van der Waals surface area contributed by atoms with Crippen LogP contribution in [0.15, 0.2) is 0 Å². The maximum Gasteiger partial charge on any atom is 0.0679 e. The first-order chi connectivity index (χ1) is 13.4. The molecule has 0 aliphatic carbocycles. The molecule has 0 amide bonds. The average molecular weight is 384 g/mol. The smallest absolute Gasteiger partial charge is 0.0679 e. The molecule has 0 heterocycles. The number of unbranched alkanes of at least 4 members (excludes halogenated alkanes) is 19. The summed E-state index contributed by atoms with van der Waals surface area (Å²) >= 11 is 0. The van der Waals surface area contributed by atoms with Crippen LogP contribution in [0.1, 0.15) is 149 Å². The highest BCUT2D eigenvalue weighted by Gasteiger charge is 1.95.